The predicted molar refractivity (Wildman–Crippen MR) is 73.7 cm³/mol. The highest BCUT2D eigenvalue weighted by atomic mass is 16.5. The van der Waals surface area contributed by atoms with Crippen molar-refractivity contribution in [1.29, 1.82) is 0 Å². The van der Waals surface area contributed by atoms with Crippen LogP contribution in [0.2, 0.25) is 0 Å². The Bertz CT molecular complexity index is 443. The van der Waals surface area contributed by atoms with Crippen molar-refractivity contribution in [2.45, 2.75) is 39.7 Å². The molecule has 0 spiro atoms. The van der Waals surface area contributed by atoms with Gasteiger partial charge in [0.1, 0.15) is 6.04 Å². The van der Waals surface area contributed by atoms with E-state index in [0.717, 1.165) is 5.56 Å². The van der Waals surface area contributed by atoms with Gasteiger partial charge in [-0.2, -0.15) is 0 Å². The molecule has 0 aliphatic heterocycles. The fourth-order valence-corrected chi connectivity index (χ4v) is 1.77. The summed E-state index contributed by atoms with van der Waals surface area (Å²) in [7, 11) is 0. The molecule has 4 nitrogen and oxygen atoms in total. The molecule has 1 aromatic carbocycles. The number of nitrogens with one attached hydrogen (secondary N) is 1. The minimum atomic E-state index is -0.593. The summed E-state index contributed by atoms with van der Waals surface area (Å²) in [6.07, 6.45) is 1.04. The third-order valence-corrected chi connectivity index (χ3v) is 2.74. The maximum absolute atomic E-state index is 11.7. The number of hydrogen-bond donors (Lipinski definition) is 1. The maximum Gasteiger partial charge on any atom is 0.328 e. The van der Waals surface area contributed by atoms with Crippen molar-refractivity contribution in [3.8, 4) is 0 Å². The molecule has 1 amide bonds. The fourth-order valence-electron chi connectivity index (χ4n) is 1.77. The average molecular weight is 263 g/mol. The van der Waals surface area contributed by atoms with Crippen molar-refractivity contribution >= 4 is 11.9 Å². The molecule has 0 aliphatic rings. The Morgan fingerprint density at radius 3 is 2.74 bits per heavy atom. The van der Waals surface area contributed by atoms with Crippen LogP contribution in [-0.2, 0) is 20.7 Å². The van der Waals surface area contributed by atoms with Gasteiger partial charge in [-0.3, -0.25) is 4.79 Å². The topological polar surface area (TPSA) is 55.4 Å². The number of aryl methyl sites for hydroxylation is 2. The highest BCUT2D eigenvalue weighted by Crippen LogP contribution is 2.06. The number of benzene rings is 1. The van der Waals surface area contributed by atoms with Gasteiger partial charge in [-0.15, -0.1) is 0 Å². The van der Waals surface area contributed by atoms with E-state index in [-0.39, 0.29) is 5.91 Å². The van der Waals surface area contributed by atoms with Crippen LogP contribution in [0.4, 0.5) is 0 Å². The van der Waals surface area contributed by atoms with Crippen LogP contribution >= 0.6 is 0 Å². The van der Waals surface area contributed by atoms with E-state index in [1.165, 1.54) is 5.56 Å². The lowest BCUT2D eigenvalue weighted by Crippen LogP contribution is -2.39. The number of carbonyl (C=O) groups is 2. The van der Waals surface area contributed by atoms with Crippen molar-refractivity contribution in [2.75, 3.05) is 6.61 Å². The Hall–Kier alpha value is -1.84. The summed E-state index contributed by atoms with van der Waals surface area (Å²) in [4.78, 5) is 23.1. The van der Waals surface area contributed by atoms with Crippen LogP contribution in [0.25, 0.3) is 0 Å². The zero-order chi connectivity index (χ0) is 14.3. The second-order valence-corrected chi connectivity index (χ2v) is 4.53. The summed E-state index contributed by atoms with van der Waals surface area (Å²) in [6.45, 7) is 5.71. The third kappa shape index (κ3) is 5.55. The van der Waals surface area contributed by atoms with E-state index in [4.69, 9.17) is 4.74 Å². The molecule has 19 heavy (non-hydrogen) atoms. The van der Waals surface area contributed by atoms with Crippen LogP contribution in [0, 0.1) is 6.92 Å². The third-order valence-electron chi connectivity index (χ3n) is 2.74. The summed E-state index contributed by atoms with van der Waals surface area (Å²) in [6, 6.07) is 7.46. The van der Waals surface area contributed by atoms with E-state index in [2.05, 4.69) is 11.4 Å². The molecule has 0 fully saturated rings. The zero-order valence-corrected chi connectivity index (χ0v) is 11.7. The van der Waals surface area contributed by atoms with Gasteiger partial charge in [0.15, 0.2) is 0 Å². The summed E-state index contributed by atoms with van der Waals surface area (Å²) in [5.41, 5.74) is 2.30. The first-order valence-corrected chi connectivity index (χ1v) is 6.54. The Labute approximate surface area is 114 Å². The fraction of sp³-hybridized carbons (Fsp3) is 0.467. The highest BCUT2D eigenvalue weighted by Gasteiger charge is 2.16. The molecule has 1 atom stereocenters. The molecule has 0 bridgehead atoms. The second-order valence-electron chi connectivity index (χ2n) is 4.53. The molecule has 1 rings (SSSR count). The first-order chi connectivity index (χ1) is 9.02. The van der Waals surface area contributed by atoms with Gasteiger partial charge in [0.05, 0.1) is 6.61 Å². The summed E-state index contributed by atoms with van der Waals surface area (Å²) < 4.78 is 4.83. The molecule has 1 unspecified atom stereocenters. The largest absolute Gasteiger partial charge is 0.464 e. The average Bonchev–Trinajstić information content (AvgIpc) is 2.36. The number of ether oxygens (including phenoxy) is 1. The minimum Gasteiger partial charge on any atom is -0.464 e. The van der Waals surface area contributed by atoms with Gasteiger partial charge in [0.25, 0.3) is 0 Å². The molecular weight excluding hydrogens is 242 g/mol. The number of hydrogen-bond acceptors (Lipinski definition) is 3. The zero-order valence-electron chi connectivity index (χ0n) is 11.7. The molecule has 0 heterocycles. The molecule has 104 valence electrons. The van der Waals surface area contributed by atoms with Crippen LogP contribution in [0.15, 0.2) is 24.3 Å². The first kappa shape index (κ1) is 15.2. The van der Waals surface area contributed by atoms with Gasteiger partial charge in [0.2, 0.25) is 5.91 Å². The number of amides is 1. The van der Waals surface area contributed by atoms with E-state index in [1.807, 2.05) is 25.1 Å². The Kier molecular flexibility index (Phi) is 6.06. The Morgan fingerprint density at radius 1 is 1.37 bits per heavy atom. The Morgan fingerprint density at radius 2 is 2.11 bits per heavy atom. The molecule has 0 saturated heterocycles. The van der Waals surface area contributed by atoms with Gasteiger partial charge >= 0.3 is 5.97 Å². The number of rotatable bonds is 6. The molecule has 0 aliphatic carbocycles. The molecule has 1 aromatic rings. The SMILES string of the molecule is CCOC(=O)C(C)NC(=O)CCc1cccc(C)c1. The van der Waals surface area contributed by atoms with Crippen molar-refractivity contribution in [1.82, 2.24) is 5.32 Å². The van der Waals surface area contributed by atoms with E-state index < -0.39 is 12.0 Å². The number of esters is 1. The summed E-state index contributed by atoms with van der Waals surface area (Å²) in [5.74, 6) is -0.534. The van der Waals surface area contributed by atoms with E-state index >= 15 is 0 Å². The van der Waals surface area contributed by atoms with Crippen molar-refractivity contribution in [3.63, 3.8) is 0 Å². The first-order valence-electron chi connectivity index (χ1n) is 6.54. The van der Waals surface area contributed by atoms with E-state index in [1.54, 1.807) is 13.8 Å². The predicted octanol–water partition coefficient (Wildman–Crippen LogP) is 2.00. The quantitative estimate of drug-likeness (QED) is 0.799. The van der Waals surface area contributed by atoms with E-state index in [0.29, 0.717) is 19.4 Å². The highest BCUT2D eigenvalue weighted by molar-refractivity contribution is 5.84. The second kappa shape index (κ2) is 7.56. The summed E-state index contributed by atoms with van der Waals surface area (Å²) in [5, 5.41) is 2.64. The van der Waals surface area contributed by atoms with Crippen molar-refractivity contribution < 1.29 is 14.3 Å². The van der Waals surface area contributed by atoms with Gasteiger partial charge in [-0.1, -0.05) is 29.8 Å². The molecular formula is C15H21NO3. The number of carbonyl (C=O) groups excluding carboxylic acids is 2. The lowest BCUT2D eigenvalue weighted by Gasteiger charge is -2.12. The molecule has 0 radical (unpaired) electrons. The van der Waals surface area contributed by atoms with Crippen LogP contribution in [0.5, 0.6) is 0 Å². The Balaban J connectivity index is 2.37. The standard InChI is InChI=1S/C15H21NO3/c1-4-19-15(18)12(3)16-14(17)9-8-13-7-5-6-11(2)10-13/h5-7,10,12H,4,8-9H2,1-3H3,(H,16,17). The molecule has 1 N–H and O–H groups in total. The monoisotopic (exact) mass is 263 g/mol. The van der Waals surface area contributed by atoms with Crippen LogP contribution in [0.1, 0.15) is 31.4 Å². The van der Waals surface area contributed by atoms with Gasteiger partial charge in [0, 0.05) is 6.42 Å². The lowest BCUT2D eigenvalue weighted by molar-refractivity contribution is -0.146. The molecule has 4 heteroatoms. The maximum atomic E-state index is 11.7. The normalized spacial score (nSPS) is 11.7. The van der Waals surface area contributed by atoms with Gasteiger partial charge < -0.3 is 10.1 Å². The molecule has 0 saturated carbocycles. The smallest absolute Gasteiger partial charge is 0.328 e. The van der Waals surface area contributed by atoms with Gasteiger partial charge in [-0.05, 0) is 32.8 Å². The van der Waals surface area contributed by atoms with Crippen molar-refractivity contribution in [3.05, 3.63) is 35.4 Å². The lowest BCUT2D eigenvalue weighted by atomic mass is 10.1. The van der Waals surface area contributed by atoms with Crippen LogP contribution < -0.4 is 5.32 Å². The van der Waals surface area contributed by atoms with Crippen molar-refractivity contribution in [2.24, 2.45) is 0 Å². The summed E-state index contributed by atoms with van der Waals surface area (Å²) >= 11 is 0. The van der Waals surface area contributed by atoms with Gasteiger partial charge in [-0.25, -0.2) is 4.79 Å². The van der Waals surface area contributed by atoms with Crippen LogP contribution in [-0.4, -0.2) is 24.5 Å². The minimum absolute atomic E-state index is 0.137. The molecule has 0 aromatic heterocycles. The van der Waals surface area contributed by atoms with E-state index in [9.17, 15) is 9.59 Å². The van der Waals surface area contributed by atoms with Crippen LogP contribution in [0.3, 0.4) is 0 Å².